The summed E-state index contributed by atoms with van der Waals surface area (Å²) in [5.41, 5.74) is 1.17. The standard InChI is InChI=1S/C28H17N3O6.K.H/c32-23-16-8-1-2-9-17(16)24(33)29(23)15-7-14-22(30-25(34)18-10-3-4-11-19(18)26(30)35)31-27(36)20-12-5-6-13-21(20)28(31)37;;/h1-14,22H,15H2;;/b14-7-;;. The van der Waals surface area contributed by atoms with E-state index in [1.807, 2.05) is 0 Å². The summed E-state index contributed by atoms with van der Waals surface area (Å²) in [4.78, 5) is 81.3. The number of carbonyl (C=O) groups is 6. The summed E-state index contributed by atoms with van der Waals surface area (Å²) in [6, 6.07) is 18.9. The molecule has 0 N–H and O–H groups in total. The average molecular weight is 532 g/mol. The number of carbonyl (C=O) groups excluding carboxylic acids is 6. The van der Waals surface area contributed by atoms with Crippen LogP contribution < -0.4 is 0 Å². The van der Waals surface area contributed by atoms with Crippen LogP contribution in [0.4, 0.5) is 0 Å². The Labute approximate surface area is 259 Å². The Morgan fingerprint density at radius 1 is 0.500 bits per heavy atom. The number of hydrogen-bond acceptors (Lipinski definition) is 6. The van der Waals surface area contributed by atoms with Crippen LogP contribution >= 0.6 is 0 Å². The molecule has 0 fully saturated rings. The van der Waals surface area contributed by atoms with E-state index in [0.29, 0.717) is 0 Å². The number of hydrogen-bond donors (Lipinski definition) is 0. The van der Waals surface area contributed by atoms with Crippen LogP contribution in [0.15, 0.2) is 84.9 Å². The second-order valence-electron chi connectivity index (χ2n) is 8.66. The third-order valence-electron chi connectivity index (χ3n) is 6.65. The topological polar surface area (TPSA) is 112 Å². The summed E-state index contributed by atoms with van der Waals surface area (Å²) in [7, 11) is 0. The van der Waals surface area contributed by atoms with Crippen molar-refractivity contribution in [2.24, 2.45) is 0 Å². The van der Waals surface area contributed by atoms with Gasteiger partial charge in [0, 0.05) is 6.54 Å². The SMILES string of the molecule is O=C1c2ccccc2C(=O)N1C/C=C\C(N1C(=O)c2ccccc2C1=O)N1C(=O)c2ccccc2C1=O.[KH]. The van der Waals surface area contributed by atoms with Crippen molar-refractivity contribution in [3.05, 3.63) is 118 Å². The Morgan fingerprint density at radius 2 is 0.789 bits per heavy atom. The molecule has 0 saturated heterocycles. The van der Waals surface area contributed by atoms with Crippen molar-refractivity contribution in [1.82, 2.24) is 14.7 Å². The summed E-state index contributed by atoms with van der Waals surface area (Å²) in [5, 5.41) is 0. The van der Waals surface area contributed by atoms with Gasteiger partial charge in [-0.3, -0.25) is 33.7 Å². The molecule has 3 heterocycles. The van der Waals surface area contributed by atoms with Gasteiger partial charge in [0.05, 0.1) is 33.4 Å². The van der Waals surface area contributed by atoms with E-state index in [-0.39, 0.29) is 91.3 Å². The summed E-state index contributed by atoms with van der Waals surface area (Å²) in [5.74, 6) is -3.60. The predicted octanol–water partition coefficient (Wildman–Crippen LogP) is 2.11. The zero-order chi connectivity index (χ0) is 25.8. The molecule has 6 rings (SSSR count). The summed E-state index contributed by atoms with van der Waals surface area (Å²) >= 11 is 0. The van der Waals surface area contributed by atoms with Crippen molar-refractivity contribution >= 4 is 86.8 Å². The third kappa shape index (κ3) is 3.84. The van der Waals surface area contributed by atoms with Gasteiger partial charge in [0.2, 0.25) is 0 Å². The van der Waals surface area contributed by atoms with E-state index in [4.69, 9.17) is 0 Å². The maximum atomic E-state index is 13.3. The molecule has 0 radical (unpaired) electrons. The molecule has 3 aromatic rings. The first-order valence-electron chi connectivity index (χ1n) is 11.5. The van der Waals surface area contributed by atoms with Gasteiger partial charge in [0.1, 0.15) is 6.17 Å². The molecule has 0 spiro atoms. The predicted molar refractivity (Wildman–Crippen MR) is 136 cm³/mol. The summed E-state index contributed by atoms with van der Waals surface area (Å²) in [6.07, 6.45) is 1.32. The van der Waals surface area contributed by atoms with Gasteiger partial charge in [-0.2, -0.15) is 0 Å². The maximum absolute atomic E-state index is 13.3. The van der Waals surface area contributed by atoms with Gasteiger partial charge in [0.15, 0.2) is 0 Å². The van der Waals surface area contributed by atoms with Gasteiger partial charge >= 0.3 is 51.4 Å². The number of rotatable bonds is 5. The Kier molecular flexibility index (Phi) is 6.84. The second kappa shape index (κ2) is 9.97. The Bertz CT molecular complexity index is 1430. The van der Waals surface area contributed by atoms with Crippen molar-refractivity contribution in [3.8, 4) is 0 Å². The molecule has 6 amide bonds. The van der Waals surface area contributed by atoms with Crippen molar-refractivity contribution in [1.29, 1.82) is 0 Å². The molecular formula is C28H18KN3O6. The molecule has 0 saturated carbocycles. The molecule has 38 heavy (non-hydrogen) atoms. The van der Waals surface area contributed by atoms with Crippen molar-refractivity contribution in [2.75, 3.05) is 6.54 Å². The minimum atomic E-state index is -1.41. The van der Waals surface area contributed by atoms with E-state index in [9.17, 15) is 28.8 Å². The number of amides is 6. The number of nitrogens with zero attached hydrogens (tertiary/aromatic N) is 3. The fourth-order valence-corrected chi connectivity index (χ4v) is 4.88. The van der Waals surface area contributed by atoms with E-state index >= 15 is 0 Å². The number of benzene rings is 3. The van der Waals surface area contributed by atoms with Crippen LogP contribution in [0.25, 0.3) is 0 Å². The fourth-order valence-electron chi connectivity index (χ4n) is 4.88. The minimum absolute atomic E-state index is 0. The normalized spacial score (nSPS) is 16.1. The molecule has 3 aliphatic heterocycles. The Balaban J connectivity index is 0.00000294. The van der Waals surface area contributed by atoms with Crippen LogP contribution in [-0.4, -0.2) is 114 Å². The van der Waals surface area contributed by atoms with E-state index < -0.39 is 41.6 Å². The number of imide groups is 3. The van der Waals surface area contributed by atoms with Gasteiger partial charge < -0.3 is 0 Å². The molecule has 10 heteroatoms. The molecule has 0 aromatic heterocycles. The molecular weight excluding hydrogens is 513 g/mol. The van der Waals surface area contributed by atoms with Gasteiger partial charge in [-0.25, -0.2) is 9.80 Å². The van der Waals surface area contributed by atoms with Crippen LogP contribution in [0.5, 0.6) is 0 Å². The van der Waals surface area contributed by atoms with Crippen LogP contribution in [0, 0.1) is 0 Å². The number of fused-ring (bicyclic) bond motifs is 3. The van der Waals surface area contributed by atoms with Gasteiger partial charge in [-0.1, -0.05) is 42.5 Å². The van der Waals surface area contributed by atoms with E-state index in [1.165, 1.54) is 36.4 Å². The molecule has 3 aromatic carbocycles. The quantitative estimate of drug-likeness (QED) is 0.283. The molecule has 0 aliphatic carbocycles. The molecule has 0 atom stereocenters. The zero-order valence-electron chi connectivity index (χ0n) is 19.2. The first kappa shape index (κ1) is 26.1. The van der Waals surface area contributed by atoms with Gasteiger partial charge in [-0.05, 0) is 42.5 Å². The average Bonchev–Trinajstić information content (AvgIpc) is 3.43. The van der Waals surface area contributed by atoms with Crippen molar-refractivity contribution < 1.29 is 28.8 Å². The zero-order valence-corrected chi connectivity index (χ0v) is 19.2. The summed E-state index contributed by atoms with van der Waals surface area (Å²) in [6.45, 7) is -0.185. The first-order valence-corrected chi connectivity index (χ1v) is 11.5. The fraction of sp³-hybridized carbons (Fsp3) is 0.0714. The van der Waals surface area contributed by atoms with E-state index in [1.54, 1.807) is 48.5 Å². The second-order valence-corrected chi connectivity index (χ2v) is 8.66. The van der Waals surface area contributed by atoms with Crippen LogP contribution in [-0.2, 0) is 0 Å². The molecule has 3 aliphatic rings. The van der Waals surface area contributed by atoms with Gasteiger partial charge in [0.25, 0.3) is 35.4 Å². The molecule has 182 valence electrons. The van der Waals surface area contributed by atoms with Gasteiger partial charge in [-0.15, -0.1) is 0 Å². The van der Waals surface area contributed by atoms with Crippen molar-refractivity contribution in [2.45, 2.75) is 6.17 Å². The van der Waals surface area contributed by atoms with Crippen LogP contribution in [0.1, 0.15) is 62.1 Å². The molecule has 0 bridgehead atoms. The summed E-state index contributed by atoms with van der Waals surface area (Å²) < 4.78 is 0. The van der Waals surface area contributed by atoms with Crippen molar-refractivity contribution in [3.63, 3.8) is 0 Å². The van der Waals surface area contributed by atoms with Crippen LogP contribution in [0.3, 0.4) is 0 Å². The Hall–Kier alpha value is -3.54. The monoisotopic (exact) mass is 531 g/mol. The molecule has 0 unspecified atom stereocenters. The molecule has 9 nitrogen and oxygen atoms in total. The Morgan fingerprint density at radius 3 is 1.11 bits per heavy atom. The van der Waals surface area contributed by atoms with Crippen LogP contribution in [0.2, 0.25) is 0 Å². The first-order chi connectivity index (χ1) is 17.9. The third-order valence-corrected chi connectivity index (χ3v) is 6.65. The van der Waals surface area contributed by atoms with E-state index in [2.05, 4.69) is 0 Å². The van der Waals surface area contributed by atoms with E-state index in [0.717, 1.165) is 14.7 Å².